The summed E-state index contributed by atoms with van der Waals surface area (Å²) < 4.78 is 7.03. The molecule has 5 aromatic rings. The normalized spacial score (nSPS) is 11.5. The van der Waals surface area contributed by atoms with Crippen LogP contribution in [-0.4, -0.2) is 0 Å². The van der Waals surface area contributed by atoms with Crippen LogP contribution >= 0.6 is 27.5 Å². The van der Waals surface area contributed by atoms with Gasteiger partial charge in [-0.2, -0.15) is 0 Å². The molecule has 5 rings (SSSR count). The molecule has 126 valence electrons. The van der Waals surface area contributed by atoms with E-state index >= 15 is 0 Å². The predicted molar refractivity (Wildman–Crippen MR) is 114 cm³/mol. The van der Waals surface area contributed by atoms with Gasteiger partial charge in [0.15, 0.2) is 5.58 Å². The molecule has 2 nitrogen and oxygen atoms in total. The van der Waals surface area contributed by atoms with E-state index in [1.807, 2.05) is 54.6 Å². The number of fused-ring (bicyclic) bond motifs is 4. The summed E-state index contributed by atoms with van der Waals surface area (Å²) in [5, 5.41) is 8.43. The lowest BCUT2D eigenvalue weighted by molar-refractivity contribution is 0.669. The fourth-order valence-corrected chi connectivity index (χ4v) is 4.24. The third-order valence-electron chi connectivity index (χ3n) is 4.61. The van der Waals surface area contributed by atoms with Gasteiger partial charge >= 0.3 is 0 Å². The number of rotatable bonds is 2. The molecule has 0 radical (unpaired) electrons. The molecule has 0 fully saturated rings. The molecule has 1 aromatic heterocycles. The molecule has 0 atom stereocenters. The van der Waals surface area contributed by atoms with Crippen molar-refractivity contribution in [3.05, 3.63) is 82.3 Å². The number of hydrogen-bond donors (Lipinski definition) is 1. The van der Waals surface area contributed by atoms with Crippen molar-refractivity contribution in [1.82, 2.24) is 0 Å². The van der Waals surface area contributed by atoms with Crippen LogP contribution < -0.4 is 5.32 Å². The lowest BCUT2D eigenvalue weighted by atomic mass is 10.1. The highest BCUT2D eigenvalue weighted by atomic mass is 79.9. The summed E-state index contributed by atoms with van der Waals surface area (Å²) in [5.41, 5.74) is 3.36. The molecule has 4 heteroatoms. The van der Waals surface area contributed by atoms with Crippen molar-refractivity contribution in [2.24, 2.45) is 0 Å². The van der Waals surface area contributed by atoms with Gasteiger partial charge in [-0.1, -0.05) is 70.0 Å². The van der Waals surface area contributed by atoms with Gasteiger partial charge in [0, 0.05) is 26.3 Å². The summed E-state index contributed by atoms with van der Waals surface area (Å²) in [6, 6.07) is 24.4. The third-order valence-corrected chi connectivity index (χ3v) is 5.65. The van der Waals surface area contributed by atoms with E-state index in [1.54, 1.807) is 0 Å². The summed E-state index contributed by atoms with van der Waals surface area (Å²) >= 11 is 10.3. The minimum absolute atomic E-state index is 0.586. The topological polar surface area (TPSA) is 25.2 Å². The Morgan fingerprint density at radius 2 is 1.58 bits per heavy atom. The molecule has 1 heterocycles. The maximum absolute atomic E-state index is 6.69. The lowest BCUT2D eigenvalue weighted by Gasteiger charge is -2.12. The zero-order valence-electron chi connectivity index (χ0n) is 13.6. The van der Waals surface area contributed by atoms with Crippen molar-refractivity contribution in [3.8, 4) is 0 Å². The second-order valence-corrected chi connectivity index (χ2v) is 7.40. The minimum atomic E-state index is 0.586. The average Bonchev–Trinajstić information content (AvgIpc) is 3.04. The standard InChI is InChI=1S/C22H13BrClNO/c23-16-8-3-5-13-6-4-9-17(20(13)16)25-18-12-11-15-14-7-1-2-10-19(14)26-22(15)21(18)24/h1-12,25H. The van der Waals surface area contributed by atoms with E-state index in [-0.39, 0.29) is 0 Å². The second-order valence-electron chi connectivity index (χ2n) is 6.17. The summed E-state index contributed by atoms with van der Waals surface area (Å²) in [5.74, 6) is 0. The zero-order valence-corrected chi connectivity index (χ0v) is 15.9. The molecular weight excluding hydrogens is 410 g/mol. The maximum atomic E-state index is 6.69. The summed E-state index contributed by atoms with van der Waals surface area (Å²) in [6.07, 6.45) is 0. The Morgan fingerprint density at radius 3 is 2.46 bits per heavy atom. The van der Waals surface area contributed by atoms with E-state index in [1.165, 1.54) is 0 Å². The summed E-state index contributed by atoms with van der Waals surface area (Å²) in [7, 11) is 0. The van der Waals surface area contributed by atoms with Gasteiger partial charge in [0.05, 0.1) is 5.69 Å². The molecule has 0 bridgehead atoms. The summed E-state index contributed by atoms with van der Waals surface area (Å²) in [6.45, 7) is 0. The Labute approximate surface area is 163 Å². The number of nitrogens with one attached hydrogen (secondary N) is 1. The Bertz CT molecular complexity index is 1290. The predicted octanol–water partition coefficient (Wildman–Crippen LogP) is 7.90. The van der Waals surface area contributed by atoms with Crippen molar-refractivity contribution < 1.29 is 4.42 Å². The molecule has 0 spiro atoms. The van der Waals surface area contributed by atoms with Crippen molar-refractivity contribution in [2.45, 2.75) is 0 Å². The van der Waals surface area contributed by atoms with Crippen molar-refractivity contribution in [2.75, 3.05) is 5.32 Å². The SMILES string of the molecule is Clc1c(Nc2cccc3cccc(Br)c23)ccc2c1oc1ccccc12. The second kappa shape index (κ2) is 6.04. The van der Waals surface area contributed by atoms with Gasteiger partial charge in [-0.3, -0.25) is 0 Å². The van der Waals surface area contributed by atoms with E-state index in [0.717, 1.165) is 43.0 Å². The van der Waals surface area contributed by atoms with E-state index in [0.29, 0.717) is 10.6 Å². The Balaban J connectivity index is 1.69. The molecule has 26 heavy (non-hydrogen) atoms. The van der Waals surface area contributed by atoms with Crippen LogP contribution in [0.4, 0.5) is 11.4 Å². The third kappa shape index (κ3) is 2.39. The highest BCUT2D eigenvalue weighted by Gasteiger charge is 2.14. The van der Waals surface area contributed by atoms with Gasteiger partial charge in [-0.25, -0.2) is 0 Å². The van der Waals surface area contributed by atoms with Gasteiger partial charge in [-0.05, 0) is 35.7 Å². The van der Waals surface area contributed by atoms with Gasteiger partial charge in [0.2, 0.25) is 0 Å². The van der Waals surface area contributed by atoms with E-state index in [4.69, 9.17) is 16.0 Å². The number of benzene rings is 4. The lowest BCUT2D eigenvalue weighted by Crippen LogP contribution is -1.93. The molecule has 0 unspecified atom stereocenters. The van der Waals surface area contributed by atoms with Crippen LogP contribution in [0.25, 0.3) is 32.7 Å². The first kappa shape index (κ1) is 15.7. The molecule has 4 aromatic carbocycles. The quantitative estimate of drug-likeness (QED) is 0.313. The first-order valence-corrected chi connectivity index (χ1v) is 9.43. The fourth-order valence-electron chi connectivity index (χ4n) is 3.40. The van der Waals surface area contributed by atoms with Crippen LogP contribution in [0.5, 0.6) is 0 Å². The Morgan fingerprint density at radius 1 is 0.769 bits per heavy atom. The molecule has 0 aliphatic rings. The van der Waals surface area contributed by atoms with Crippen molar-refractivity contribution in [3.63, 3.8) is 0 Å². The Kier molecular flexibility index (Phi) is 3.66. The van der Waals surface area contributed by atoms with Gasteiger partial charge in [0.1, 0.15) is 10.6 Å². The van der Waals surface area contributed by atoms with Crippen LogP contribution in [0.1, 0.15) is 0 Å². The average molecular weight is 423 g/mol. The van der Waals surface area contributed by atoms with E-state index in [2.05, 4.69) is 39.4 Å². The smallest absolute Gasteiger partial charge is 0.156 e. The maximum Gasteiger partial charge on any atom is 0.156 e. The molecule has 0 saturated carbocycles. The minimum Gasteiger partial charge on any atom is -0.454 e. The zero-order chi connectivity index (χ0) is 17.7. The first-order valence-electron chi connectivity index (χ1n) is 8.26. The molecular formula is C22H13BrClNO. The largest absolute Gasteiger partial charge is 0.454 e. The van der Waals surface area contributed by atoms with Crippen molar-refractivity contribution in [1.29, 1.82) is 0 Å². The van der Waals surface area contributed by atoms with E-state index < -0.39 is 0 Å². The number of hydrogen-bond acceptors (Lipinski definition) is 2. The number of para-hydroxylation sites is 1. The number of anilines is 2. The van der Waals surface area contributed by atoms with E-state index in [9.17, 15) is 0 Å². The van der Waals surface area contributed by atoms with Crippen LogP contribution in [0.2, 0.25) is 5.02 Å². The molecule has 0 aliphatic carbocycles. The number of furan rings is 1. The first-order chi connectivity index (χ1) is 12.7. The van der Waals surface area contributed by atoms with Crippen LogP contribution in [0.3, 0.4) is 0 Å². The summed E-state index contributed by atoms with van der Waals surface area (Å²) in [4.78, 5) is 0. The monoisotopic (exact) mass is 421 g/mol. The van der Waals surface area contributed by atoms with Crippen LogP contribution in [-0.2, 0) is 0 Å². The highest BCUT2D eigenvalue weighted by molar-refractivity contribution is 9.10. The molecule has 0 saturated heterocycles. The van der Waals surface area contributed by atoms with Crippen LogP contribution in [0.15, 0.2) is 81.7 Å². The van der Waals surface area contributed by atoms with Gasteiger partial charge in [0.25, 0.3) is 0 Å². The van der Waals surface area contributed by atoms with Crippen LogP contribution in [0, 0.1) is 0 Å². The highest BCUT2D eigenvalue weighted by Crippen LogP contribution is 2.40. The Hall–Kier alpha value is -2.49. The molecule has 1 N–H and O–H groups in total. The molecule has 0 amide bonds. The fraction of sp³-hybridized carbons (Fsp3) is 0. The number of halogens is 2. The van der Waals surface area contributed by atoms with Gasteiger partial charge in [-0.15, -0.1) is 0 Å². The van der Waals surface area contributed by atoms with Crippen molar-refractivity contribution >= 4 is 71.6 Å². The molecule has 0 aliphatic heterocycles. The van der Waals surface area contributed by atoms with Gasteiger partial charge < -0.3 is 9.73 Å².